The van der Waals surface area contributed by atoms with Gasteiger partial charge in [0.15, 0.2) is 0 Å². The van der Waals surface area contributed by atoms with Crippen molar-refractivity contribution in [3.05, 3.63) is 0 Å². The Labute approximate surface area is 74.1 Å². The van der Waals surface area contributed by atoms with Crippen molar-refractivity contribution in [2.24, 2.45) is 16.7 Å². The standard InChI is InChI=1S/C10H18S/c1-8(2)9(3)4-10(5-9)6-11-7-10/h8H,4-7H2,1-3H3. The first kappa shape index (κ1) is 7.97. The lowest BCUT2D eigenvalue weighted by atomic mass is 9.51. The molecule has 0 amide bonds. The van der Waals surface area contributed by atoms with Crippen LogP contribution in [0, 0.1) is 16.7 Å². The molecule has 0 nitrogen and oxygen atoms in total. The van der Waals surface area contributed by atoms with Crippen LogP contribution in [0.25, 0.3) is 0 Å². The predicted molar refractivity (Wildman–Crippen MR) is 51.9 cm³/mol. The molecule has 11 heavy (non-hydrogen) atoms. The molecule has 0 aromatic heterocycles. The van der Waals surface area contributed by atoms with E-state index in [1.54, 1.807) is 0 Å². The van der Waals surface area contributed by atoms with Crippen molar-refractivity contribution in [1.29, 1.82) is 0 Å². The second-order valence-corrected chi connectivity index (χ2v) is 6.14. The molecule has 1 saturated carbocycles. The maximum absolute atomic E-state index is 2.46. The third-order valence-electron chi connectivity index (χ3n) is 3.77. The van der Waals surface area contributed by atoms with Gasteiger partial charge in [0.2, 0.25) is 0 Å². The van der Waals surface area contributed by atoms with E-state index in [-0.39, 0.29) is 0 Å². The van der Waals surface area contributed by atoms with Gasteiger partial charge in [-0.25, -0.2) is 0 Å². The first-order valence-corrected chi connectivity index (χ1v) is 5.80. The molecule has 0 N–H and O–H groups in total. The smallest absolute Gasteiger partial charge is 0.000228 e. The van der Waals surface area contributed by atoms with Crippen molar-refractivity contribution in [3.8, 4) is 0 Å². The second-order valence-electron chi connectivity index (χ2n) is 5.16. The SMILES string of the molecule is CC(C)C1(C)CC2(CSC2)C1. The van der Waals surface area contributed by atoms with E-state index in [4.69, 9.17) is 0 Å². The molecule has 0 aromatic carbocycles. The highest BCUT2D eigenvalue weighted by atomic mass is 32.2. The van der Waals surface area contributed by atoms with Crippen LogP contribution in [0.1, 0.15) is 33.6 Å². The third-order valence-corrected chi connectivity index (χ3v) is 5.40. The molecule has 2 aliphatic rings. The highest BCUT2D eigenvalue weighted by Crippen LogP contribution is 2.64. The van der Waals surface area contributed by atoms with E-state index < -0.39 is 0 Å². The summed E-state index contributed by atoms with van der Waals surface area (Å²) in [4.78, 5) is 0. The molecule has 1 aliphatic heterocycles. The summed E-state index contributed by atoms with van der Waals surface area (Å²) in [6, 6.07) is 0. The van der Waals surface area contributed by atoms with Crippen LogP contribution in [-0.4, -0.2) is 11.5 Å². The van der Waals surface area contributed by atoms with E-state index in [1.807, 2.05) is 0 Å². The van der Waals surface area contributed by atoms with E-state index in [9.17, 15) is 0 Å². The van der Waals surface area contributed by atoms with Crippen molar-refractivity contribution in [3.63, 3.8) is 0 Å². The fourth-order valence-electron chi connectivity index (χ4n) is 2.66. The summed E-state index contributed by atoms with van der Waals surface area (Å²) < 4.78 is 0. The van der Waals surface area contributed by atoms with Crippen LogP contribution in [-0.2, 0) is 0 Å². The summed E-state index contributed by atoms with van der Waals surface area (Å²) in [5, 5.41) is 0. The van der Waals surface area contributed by atoms with Crippen molar-refractivity contribution >= 4 is 11.8 Å². The van der Waals surface area contributed by atoms with Gasteiger partial charge in [-0.2, -0.15) is 11.8 Å². The molecule has 1 heterocycles. The van der Waals surface area contributed by atoms with Crippen LogP contribution < -0.4 is 0 Å². The predicted octanol–water partition coefficient (Wildman–Crippen LogP) is 3.18. The largest absolute Gasteiger partial charge is 0.161 e. The summed E-state index contributed by atoms with van der Waals surface area (Å²) in [5.74, 6) is 3.80. The minimum absolute atomic E-state index is 0.695. The van der Waals surface area contributed by atoms with Gasteiger partial charge in [0.05, 0.1) is 0 Å². The van der Waals surface area contributed by atoms with Crippen LogP contribution >= 0.6 is 11.8 Å². The fraction of sp³-hybridized carbons (Fsp3) is 1.00. The molecule has 0 aromatic rings. The van der Waals surface area contributed by atoms with Crippen LogP contribution in [0.15, 0.2) is 0 Å². The van der Waals surface area contributed by atoms with Gasteiger partial charge in [0.1, 0.15) is 0 Å². The Morgan fingerprint density at radius 1 is 1.18 bits per heavy atom. The highest BCUT2D eigenvalue weighted by molar-refractivity contribution is 8.00. The minimum atomic E-state index is 0.695. The monoisotopic (exact) mass is 170 g/mol. The third kappa shape index (κ3) is 1.04. The van der Waals surface area contributed by atoms with Crippen molar-refractivity contribution in [2.45, 2.75) is 33.6 Å². The van der Waals surface area contributed by atoms with E-state index in [0.717, 1.165) is 11.3 Å². The maximum atomic E-state index is 2.46. The summed E-state index contributed by atoms with van der Waals surface area (Å²) in [7, 11) is 0. The van der Waals surface area contributed by atoms with Gasteiger partial charge in [0, 0.05) is 0 Å². The van der Waals surface area contributed by atoms with E-state index in [2.05, 4.69) is 32.5 Å². The maximum Gasteiger partial charge on any atom is -0.000228 e. The molecular weight excluding hydrogens is 152 g/mol. The molecular formula is C10H18S. The van der Waals surface area contributed by atoms with Crippen LogP contribution in [0.5, 0.6) is 0 Å². The van der Waals surface area contributed by atoms with Crippen molar-refractivity contribution in [2.75, 3.05) is 11.5 Å². The molecule has 1 heteroatoms. The lowest BCUT2D eigenvalue weighted by Crippen LogP contribution is -2.54. The Morgan fingerprint density at radius 2 is 1.73 bits per heavy atom. The van der Waals surface area contributed by atoms with Crippen LogP contribution in [0.2, 0.25) is 0 Å². The topological polar surface area (TPSA) is 0 Å². The summed E-state index contributed by atoms with van der Waals surface area (Å²) in [6.07, 6.45) is 3.01. The van der Waals surface area contributed by atoms with Gasteiger partial charge in [-0.05, 0) is 41.1 Å². The Kier molecular flexibility index (Phi) is 1.58. The highest BCUT2D eigenvalue weighted by Gasteiger charge is 2.55. The van der Waals surface area contributed by atoms with E-state index in [1.165, 1.54) is 24.3 Å². The van der Waals surface area contributed by atoms with Crippen molar-refractivity contribution in [1.82, 2.24) is 0 Å². The number of hydrogen-bond acceptors (Lipinski definition) is 1. The Bertz CT molecular complexity index is 160. The number of thioether (sulfide) groups is 1. The van der Waals surface area contributed by atoms with Crippen molar-refractivity contribution < 1.29 is 0 Å². The zero-order valence-corrected chi connectivity index (χ0v) is 8.63. The van der Waals surface area contributed by atoms with Gasteiger partial charge in [-0.1, -0.05) is 20.8 Å². The summed E-state index contributed by atoms with van der Waals surface area (Å²) in [6.45, 7) is 7.21. The molecule has 0 bridgehead atoms. The van der Waals surface area contributed by atoms with Gasteiger partial charge in [-0.3, -0.25) is 0 Å². The Balaban J connectivity index is 1.95. The van der Waals surface area contributed by atoms with Gasteiger partial charge < -0.3 is 0 Å². The fourth-order valence-corrected chi connectivity index (χ4v) is 3.85. The average Bonchev–Trinajstić information content (AvgIpc) is 1.75. The molecule has 0 atom stereocenters. The zero-order valence-electron chi connectivity index (χ0n) is 7.81. The lowest BCUT2D eigenvalue weighted by Gasteiger charge is -2.61. The molecule has 2 fully saturated rings. The summed E-state index contributed by atoms with van der Waals surface area (Å²) in [5.41, 5.74) is 1.52. The van der Waals surface area contributed by atoms with E-state index in [0.29, 0.717) is 5.41 Å². The number of hydrogen-bond donors (Lipinski definition) is 0. The molecule has 1 saturated heterocycles. The summed E-state index contributed by atoms with van der Waals surface area (Å²) >= 11 is 2.13. The molecule has 2 rings (SSSR count). The normalized spacial score (nSPS) is 31.6. The number of rotatable bonds is 1. The molecule has 1 aliphatic carbocycles. The molecule has 1 spiro atoms. The lowest BCUT2D eigenvalue weighted by molar-refractivity contribution is -0.0356. The Morgan fingerprint density at radius 3 is 2.00 bits per heavy atom. The first-order valence-electron chi connectivity index (χ1n) is 4.64. The minimum Gasteiger partial charge on any atom is -0.161 e. The molecule has 64 valence electrons. The molecule has 0 radical (unpaired) electrons. The van der Waals surface area contributed by atoms with Gasteiger partial charge in [-0.15, -0.1) is 0 Å². The van der Waals surface area contributed by atoms with Gasteiger partial charge >= 0.3 is 0 Å². The zero-order chi connectivity index (χ0) is 8.11. The molecule has 0 unspecified atom stereocenters. The van der Waals surface area contributed by atoms with E-state index >= 15 is 0 Å². The van der Waals surface area contributed by atoms with Gasteiger partial charge in [0.25, 0.3) is 0 Å². The quantitative estimate of drug-likeness (QED) is 0.582. The average molecular weight is 170 g/mol. The van der Waals surface area contributed by atoms with Crippen LogP contribution in [0.4, 0.5) is 0 Å². The first-order chi connectivity index (χ1) is 5.06. The Hall–Kier alpha value is 0.350. The second kappa shape index (κ2) is 2.18. The van der Waals surface area contributed by atoms with Crippen LogP contribution in [0.3, 0.4) is 0 Å².